The van der Waals surface area contributed by atoms with Gasteiger partial charge in [-0.25, -0.2) is 4.79 Å². The summed E-state index contributed by atoms with van der Waals surface area (Å²) in [7, 11) is 0. The van der Waals surface area contributed by atoms with Crippen LogP contribution >= 0.6 is 0 Å². The Kier molecular flexibility index (Phi) is 6.96. The van der Waals surface area contributed by atoms with Gasteiger partial charge in [-0.15, -0.1) is 0 Å². The number of fused-ring (bicyclic) bond motifs is 3. The summed E-state index contributed by atoms with van der Waals surface area (Å²) < 4.78 is 5.66. The van der Waals surface area contributed by atoms with Gasteiger partial charge in [0.05, 0.1) is 5.92 Å². The smallest absolute Gasteiger partial charge is 0.407 e. The number of carbonyl (C=O) groups excluding carboxylic acids is 2. The van der Waals surface area contributed by atoms with Crippen LogP contribution in [0.3, 0.4) is 0 Å². The number of carboxylic acid groups (broad SMARTS) is 1. The Hall–Kier alpha value is -3.61. The van der Waals surface area contributed by atoms with Crippen LogP contribution in [0.1, 0.15) is 50.7 Å². The molecule has 0 bridgehead atoms. The van der Waals surface area contributed by atoms with Gasteiger partial charge in [0.1, 0.15) is 6.61 Å². The van der Waals surface area contributed by atoms with Crippen LogP contribution in [0.15, 0.2) is 60.7 Å². The van der Waals surface area contributed by atoms with E-state index in [1.165, 1.54) is 0 Å². The number of carbonyl (C=O) groups is 3. The molecule has 3 atom stereocenters. The highest BCUT2D eigenvalue weighted by Crippen LogP contribution is 2.44. The van der Waals surface area contributed by atoms with Gasteiger partial charge < -0.3 is 20.5 Å². The maximum atomic E-state index is 12.8. The van der Waals surface area contributed by atoms with E-state index >= 15 is 0 Å². The average molecular weight is 477 g/mol. The predicted octanol–water partition coefficient (Wildman–Crippen LogP) is 4.48. The first-order chi connectivity index (χ1) is 16.6. The summed E-state index contributed by atoms with van der Waals surface area (Å²) in [6.07, 6.45) is 3.15. The maximum Gasteiger partial charge on any atom is 0.407 e. The fourth-order valence-electron chi connectivity index (χ4n) is 4.80. The molecule has 7 heteroatoms. The first kappa shape index (κ1) is 24.5. The van der Waals surface area contributed by atoms with Crippen molar-refractivity contribution in [2.45, 2.75) is 51.6 Å². The zero-order valence-corrected chi connectivity index (χ0v) is 20.3. The Morgan fingerprint density at radius 2 is 1.60 bits per heavy atom. The number of nitrogens with one attached hydrogen (secondary N) is 2. The molecule has 0 heterocycles. The molecule has 0 saturated carbocycles. The number of carboxylic acids is 1. The van der Waals surface area contributed by atoms with E-state index in [9.17, 15) is 14.4 Å². The first-order valence-electron chi connectivity index (χ1n) is 12.0. The van der Waals surface area contributed by atoms with E-state index in [-0.39, 0.29) is 30.9 Å². The van der Waals surface area contributed by atoms with E-state index in [1.54, 1.807) is 12.2 Å². The zero-order chi connectivity index (χ0) is 25.2. The molecule has 0 spiro atoms. The average Bonchev–Trinajstić information content (AvgIpc) is 3.39. The van der Waals surface area contributed by atoms with E-state index in [0.717, 1.165) is 22.3 Å². The quantitative estimate of drug-likeness (QED) is 0.511. The fraction of sp³-hybridized carbons (Fsp3) is 0.393. The van der Waals surface area contributed by atoms with Crippen molar-refractivity contribution in [2.75, 3.05) is 6.61 Å². The third kappa shape index (κ3) is 5.56. The Bertz CT molecular complexity index is 1100. The van der Waals surface area contributed by atoms with E-state index in [2.05, 4.69) is 34.9 Å². The van der Waals surface area contributed by atoms with Crippen molar-refractivity contribution in [1.29, 1.82) is 0 Å². The molecule has 0 fully saturated rings. The number of ether oxygens (including phenoxy) is 1. The molecule has 0 aromatic heterocycles. The minimum atomic E-state index is -0.900. The normalized spacial score (nSPS) is 19.5. The third-order valence-corrected chi connectivity index (χ3v) is 6.82. The largest absolute Gasteiger partial charge is 0.481 e. The van der Waals surface area contributed by atoms with Crippen LogP contribution < -0.4 is 10.6 Å². The number of hydrogen-bond donors (Lipinski definition) is 3. The van der Waals surface area contributed by atoms with Gasteiger partial charge >= 0.3 is 12.1 Å². The number of hydrogen-bond acceptors (Lipinski definition) is 4. The Morgan fingerprint density at radius 3 is 2.14 bits per heavy atom. The highest BCUT2D eigenvalue weighted by Gasteiger charge is 2.33. The van der Waals surface area contributed by atoms with Gasteiger partial charge in [-0.05, 0) is 34.1 Å². The number of alkyl carbamates (subject to hydrolysis) is 1. The molecule has 184 valence electrons. The van der Waals surface area contributed by atoms with Crippen molar-refractivity contribution >= 4 is 18.0 Å². The van der Waals surface area contributed by atoms with E-state index in [0.29, 0.717) is 6.42 Å². The lowest BCUT2D eigenvalue weighted by atomic mass is 9.84. The summed E-state index contributed by atoms with van der Waals surface area (Å²) in [4.78, 5) is 36.6. The molecule has 0 radical (unpaired) electrons. The number of rotatable bonds is 7. The summed E-state index contributed by atoms with van der Waals surface area (Å²) in [5.74, 6) is -1.77. The van der Waals surface area contributed by atoms with E-state index in [4.69, 9.17) is 9.84 Å². The molecule has 3 unspecified atom stereocenters. The Morgan fingerprint density at radius 1 is 1.00 bits per heavy atom. The molecule has 2 aliphatic rings. The van der Waals surface area contributed by atoms with Gasteiger partial charge in [-0.3, -0.25) is 9.59 Å². The lowest BCUT2D eigenvalue weighted by molar-refractivity contribution is -0.140. The van der Waals surface area contributed by atoms with Crippen molar-refractivity contribution in [3.05, 3.63) is 71.8 Å². The highest BCUT2D eigenvalue weighted by molar-refractivity contribution is 5.80. The number of aliphatic carboxylic acids is 1. The summed E-state index contributed by atoms with van der Waals surface area (Å²) in [5.41, 5.74) is 4.20. The molecule has 3 N–H and O–H groups in total. The third-order valence-electron chi connectivity index (χ3n) is 6.82. The molecular formula is C28H32N2O5. The van der Waals surface area contributed by atoms with Crippen LogP contribution in [0.4, 0.5) is 4.79 Å². The standard InChI is InChI=1S/C28H32N2O5/c1-28(2,3)24(15-25(31)29-18-13-12-17(14-18)26(32)33)30-27(34)35-16-23-21-10-6-4-8-19(21)20-9-5-7-11-22(20)23/h4-13,17-18,23-24H,14-16H2,1-3H3,(H,29,31)(H,30,34)(H,32,33). The topological polar surface area (TPSA) is 105 Å². The van der Waals surface area contributed by atoms with Crippen molar-refractivity contribution in [3.63, 3.8) is 0 Å². The summed E-state index contributed by atoms with van der Waals surface area (Å²) in [5, 5.41) is 14.9. The molecule has 0 aliphatic heterocycles. The lowest BCUT2D eigenvalue weighted by Gasteiger charge is -2.31. The Balaban J connectivity index is 1.35. The Labute approximate surface area is 205 Å². The molecule has 2 aromatic rings. The van der Waals surface area contributed by atoms with Gasteiger partial charge in [0.2, 0.25) is 5.91 Å². The number of benzene rings is 2. The lowest BCUT2D eigenvalue weighted by Crippen LogP contribution is -2.48. The second-order valence-electron chi connectivity index (χ2n) is 10.3. The molecule has 35 heavy (non-hydrogen) atoms. The first-order valence-corrected chi connectivity index (χ1v) is 12.0. The molecule has 0 saturated heterocycles. The van der Waals surface area contributed by atoms with Crippen LogP contribution in [0.2, 0.25) is 0 Å². The molecular weight excluding hydrogens is 444 g/mol. The zero-order valence-electron chi connectivity index (χ0n) is 20.3. The van der Waals surface area contributed by atoms with Crippen LogP contribution in [0, 0.1) is 11.3 Å². The van der Waals surface area contributed by atoms with Crippen LogP contribution in [-0.2, 0) is 14.3 Å². The minimum Gasteiger partial charge on any atom is -0.481 e. The van der Waals surface area contributed by atoms with Crippen molar-refractivity contribution in [3.8, 4) is 11.1 Å². The van der Waals surface area contributed by atoms with Crippen LogP contribution in [0.25, 0.3) is 11.1 Å². The molecule has 7 nitrogen and oxygen atoms in total. The number of amides is 2. The summed E-state index contributed by atoms with van der Waals surface area (Å²) in [6.45, 7) is 6.05. The van der Waals surface area contributed by atoms with Crippen molar-refractivity contribution in [2.24, 2.45) is 11.3 Å². The van der Waals surface area contributed by atoms with Crippen molar-refractivity contribution in [1.82, 2.24) is 10.6 Å². The van der Waals surface area contributed by atoms with Gasteiger partial charge in [0.15, 0.2) is 0 Å². The van der Waals surface area contributed by atoms with Gasteiger partial charge in [-0.1, -0.05) is 81.5 Å². The fourth-order valence-corrected chi connectivity index (χ4v) is 4.80. The maximum absolute atomic E-state index is 12.8. The predicted molar refractivity (Wildman–Crippen MR) is 133 cm³/mol. The van der Waals surface area contributed by atoms with Crippen molar-refractivity contribution < 1.29 is 24.2 Å². The molecule has 4 rings (SSSR count). The van der Waals surface area contributed by atoms with Gasteiger partial charge in [0, 0.05) is 24.4 Å². The highest BCUT2D eigenvalue weighted by atomic mass is 16.5. The van der Waals surface area contributed by atoms with Crippen LogP contribution in [0.5, 0.6) is 0 Å². The van der Waals surface area contributed by atoms with Gasteiger partial charge in [0.25, 0.3) is 0 Å². The van der Waals surface area contributed by atoms with E-state index < -0.39 is 29.4 Å². The molecule has 2 amide bonds. The molecule has 2 aromatic carbocycles. The van der Waals surface area contributed by atoms with Gasteiger partial charge in [-0.2, -0.15) is 0 Å². The molecule has 2 aliphatic carbocycles. The van der Waals surface area contributed by atoms with E-state index in [1.807, 2.05) is 45.0 Å². The minimum absolute atomic E-state index is 0.0409. The second-order valence-corrected chi connectivity index (χ2v) is 10.3. The summed E-state index contributed by atoms with van der Waals surface area (Å²) >= 11 is 0. The second kappa shape index (κ2) is 9.94. The SMILES string of the molecule is CC(C)(C)C(CC(=O)NC1C=CC(C(=O)O)C1)NC(=O)OCC1c2ccccc2-c2ccccc21. The summed E-state index contributed by atoms with van der Waals surface area (Å²) in [6, 6.07) is 15.5. The monoisotopic (exact) mass is 476 g/mol. The van der Waals surface area contributed by atoms with Crippen LogP contribution in [-0.4, -0.2) is 41.8 Å².